The zero-order valence-corrected chi connectivity index (χ0v) is 12.4. The fourth-order valence-electron chi connectivity index (χ4n) is 2.99. The van der Waals surface area contributed by atoms with Gasteiger partial charge in [-0.2, -0.15) is 0 Å². The van der Waals surface area contributed by atoms with E-state index in [0.29, 0.717) is 6.61 Å². The minimum Gasteiger partial charge on any atom is -0.394 e. The fourth-order valence-corrected chi connectivity index (χ4v) is 2.99. The van der Waals surface area contributed by atoms with Crippen LogP contribution in [-0.2, 0) is 0 Å². The molecule has 1 aliphatic carbocycles. The van der Waals surface area contributed by atoms with Gasteiger partial charge in [0, 0.05) is 18.6 Å². The van der Waals surface area contributed by atoms with Gasteiger partial charge in [-0.3, -0.25) is 0 Å². The lowest BCUT2D eigenvalue weighted by Gasteiger charge is -2.35. The molecule has 0 heterocycles. The van der Waals surface area contributed by atoms with E-state index in [9.17, 15) is 5.11 Å². The van der Waals surface area contributed by atoms with Crippen molar-refractivity contribution in [3.63, 3.8) is 0 Å². The minimum atomic E-state index is 0.00751. The van der Waals surface area contributed by atoms with Crippen LogP contribution < -0.4 is 5.32 Å². The summed E-state index contributed by atoms with van der Waals surface area (Å²) in [7, 11) is 0. The number of aliphatic hydroxyl groups excluding tert-OH is 1. The summed E-state index contributed by atoms with van der Waals surface area (Å²) in [5.41, 5.74) is 0.00751. The molecule has 1 rings (SSSR count). The standard InChI is InChI=1S/C15H32N2O/c1-3-17(4-2)13-12-16-15(14-18)10-8-6-5-7-9-11-15/h16,18H,3-14H2,1-2H3. The fraction of sp³-hybridized carbons (Fsp3) is 1.00. The maximum Gasteiger partial charge on any atom is 0.0613 e. The van der Waals surface area contributed by atoms with Crippen LogP contribution >= 0.6 is 0 Å². The normalized spacial score (nSPS) is 20.7. The number of nitrogens with one attached hydrogen (secondary N) is 1. The number of aliphatic hydroxyl groups is 1. The van der Waals surface area contributed by atoms with E-state index in [2.05, 4.69) is 24.1 Å². The molecule has 0 radical (unpaired) electrons. The maximum atomic E-state index is 9.76. The zero-order valence-electron chi connectivity index (χ0n) is 12.4. The van der Waals surface area contributed by atoms with Crippen LogP contribution in [0.15, 0.2) is 0 Å². The Kier molecular flexibility index (Phi) is 7.87. The second kappa shape index (κ2) is 8.89. The summed E-state index contributed by atoms with van der Waals surface area (Å²) < 4.78 is 0. The first-order chi connectivity index (χ1) is 8.76. The van der Waals surface area contributed by atoms with Gasteiger partial charge >= 0.3 is 0 Å². The summed E-state index contributed by atoms with van der Waals surface area (Å²) in [4.78, 5) is 2.43. The van der Waals surface area contributed by atoms with Gasteiger partial charge in [0.05, 0.1) is 6.61 Å². The van der Waals surface area contributed by atoms with Crippen LogP contribution in [0.1, 0.15) is 58.8 Å². The van der Waals surface area contributed by atoms with Gasteiger partial charge in [0.2, 0.25) is 0 Å². The van der Waals surface area contributed by atoms with Gasteiger partial charge in [-0.05, 0) is 25.9 Å². The van der Waals surface area contributed by atoms with Gasteiger partial charge in [0.1, 0.15) is 0 Å². The molecule has 1 aliphatic rings. The first kappa shape index (κ1) is 15.9. The third-order valence-electron chi connectivity index (χ3n) is 4.44. The van der Waals surface area contributed by atoms with Crippen LogP contribution in [0.2, 0.25) is 0 Å². The predicted molar refractivity (Wildman–Crippen MR) is 77.9 cm³/mol. The molecule has 0 aliphatic heterocycles. The highest BCUT2D eigenvalue weighted by Crippen LogP contribution is 2.25. The van der Waals surface area contributed by atoms with Gasteiger partial charge in [-0.1, -0.05) is 46.0 Å². The number of nitrogens with zero attached hydrogens (tertiary/aromatic N) is 1. The Morgan fingerprint density at radius 1 is 1.00 bits per heavy atom. The molecule has 0 aromatic carbocycles. The molecule has 3 heteroatoms. The van der Waals surface area contributed by atoms with Crippen LogP contribution in [0, 0.1) is 0 Å². The van der Waals surface area contributed by atoms with Crippen molar-refractivity contribution in [2.45, 2.75) is 64.3 Å². The summed E-state index contributed by atoms with van der Waals surface area (Å²) in [5, 5.41) is 13.4. The molecule has 18 heavy (non-hydrogen) atoms. The van der Waals surface area contributed by atoms with Crippen LogP contribution in [0.5, 0.6) is 0 Å². The lowest BCUT2D eigenvalue weighted by molar-refractivity contribution is 0.127. The molecule has 0 spiro atoms. The van der Waals surface area contributed by atoms with Crippen molar-refractivity contribution < 1.29 is 5.11 Å². The number of hydrogen-bond donors (Lipinski definition) is 2. The largest absolute Gasteiger partial charge is 0.394 e. The van der Waals surface area contributed by atoms with E-state index in [1.54, 1.807) is 0 Å². The van der Waals surface area contributed by atoms with Gasteiger partial charge < -0.3 is 15.3 Å². The van der Waals surface area contributed by atoms with Crippen molar-refractivity contribution >= 4 is 0 Å². The second-order valence-electron chi connectivity index (χ2n) is 5.66. The van der Waals surface area contributed by atoms with Crippen molar-refractivity contribution in [3.05, 3.63) is 0 Å². The van der Waals surface area contributed by atoms with Crippen LogP contribution in [0.4, 0.5) is 0 Å². The summed E-state index contributed by atoms with van der Waals surface area (Å²) in [6, 6.07) is 0. The summed E-state index contributed by atoms with van der Waals surface area (Å²) >= 11 is 0. The molecular weight excluding hydrogens is 224 g/mol. The smallest absolute Gasteiger partial charge is 0.0613 e. The third-order valence-corrected chi connectivity index (χ3v) is 4.44. The Balaban J connectivity index is 2.37. The van der Waals surface area contributed by atoms with E-state index >= 15 is 0 Å². The number of hydrogen-bond acceptors (Lipinski definition) is 3. The molecule has 0 saturated heterocycles. The summed E-state index contributed by atoms with van der Waals surface area (Å²) in [5.74, 6) is 0. The van der Waals surface area contributed by atoms with Crippen LogP contribution in [-0.4, -0.2) is 48.3 Å². The average molecular weight is 256 g/mol. The molecule has 0 atom stereocenters. The van der Waals surface area contributed by atoms with Crippen molar-refractivity contribution in [2.24, 2.45) is 0 Å². The van der Waals surface area contributed by atoms with Crippen LogP contribution in [0.25, 0.3) is 0 Å². The Labute approximate surface area is 113 Å². The highest BCUT2D eigenvalue weighted by atomic mass is 16.3. The van der Waals surface area contributed by atoms with E-state index in [0.717, 1.165) is 39.0 Å². The minimum absolute atomic E-state index is 0.00751. The molecule has 2 N–H and O–H groups in total. The van der Waals surface area contributed by atoms with Gasteiger partial charge in [0.25, 0.3) is 0 Å². The topological polar surface area (TPSA) is 35.5 Å². The molecule has 1 saturated carbocycles. The van der Waals surface area contributed by atoms with Gasteiger partial charge in [-0.25, -0.2) is 0 Å². The summed E-state index contributed by atoms with van der Waals surface area (Å²) in [6.45, 7) is 9.04. The van der Waals surface area contributed by atoms with Crippen molar-refractivity contribution in [1.82, 2.24) is 10.2 Å². The first-order valence-corrected chi connectivity index (χ1v) is 7.84. The van der Waals surface area contributed by atoms with E-state index in [1.807, 2.05) is 0 Å². The van der Waals surface area contributed by atoms with Crippen molar-refractivity contribution in [2.75, 3.05) is 32.8 Å². The Morgan fingerprint density at radius 2 is 1.56 bits per heavy atom. The third kappa shape index (κ3) is 5.25. The molecule has 108 valence electrons. The van der Waals surface area contributed by atoms with Crippen LogP contribution in [0.3, 0.4) is 0 Å². The van der Waals surface area contributed by atoms with Crippen molar-refractivity contribution in [1.29, 1.82) is 0 Å². The molecule has 3 nitrogen and oxygen atoms in total. The molecular formula is C15H32N2O. The predicted octanol–water partition coefficient (Wildman–Crippen LogP) is 2.39. The lowest BCUT2D eigenvalue weighted by Crippen LogP contribution is -2.51. The maximum absolute atomic E-state index is 9.76. The first-order valence-electron chi connectivity index (χ1n) is 7.84. The number of likely N-dealkylation sites (N-methyl/N-ethyl adjacent to an activating group) is 1. The molecule has 0 aromatic rings. The van der Waals surface area contributed by atoms with E-state index in [-0.39, 0.29) is 5.54 Å². The average Bonchev–Trinajstić information content (AvgIpc) is 2.37. The molecule has 0 amide bonds. The highest BCUT2D eigenvalue weighted by Gasteiger charge is 2.28. The zero-order chi connectivity index (χ0) is 13.3. The summed E-state index contributed by atoms with van der Waals surface area (Å²) in [6.07, 6.45) is 8.85. The molecule has 1 fully saturated rings. The van der Waals surface area contributed by atoms with Crippen molar-refractivity contribution in [3.8, 4) is 0 Å². The quantitative estimate of drug-likeness (QED) is 0.734. The Hall–Kier alpha value is -0.120. The molecule has 0 bridgehead atoms. The second-order valence-corrected chi connectivity index (χ2v) is 5.66. The molecule has 0 aromatic heterocycles. The van der Waals surface area contributed by atoms with Gasteiger partial charge in [0.15, 0.2) is 0 Å². The van der Waals surface area contributed by atoms with E-state index in [4.69, 9.17) is 0 Å². The SMILES string of the molecule is CCN(CC)CCNC1(CO)CCCCCCC1. The van der Waals surface area contributed by atoms with Gasteiger partial charge in [-0.15, -0.1) is 0 Å². The van der Waals surface area contributed by atoms with E-state index < -0.39 is 0 Å². The van der Waals surface area contributed by atoms with E-state index in [1.165, 1.54) is 32.1 Å². The number of rotatable bonds is 7. The highest BCUT2D eigenvalue weighted by molar-refractivity contribution is 4.88. The Morgan fingerprint density at radius 3 is 2.06 bits per heavy atom. The monoisotopic (exact) mass is 256 g/mol. The molecule has 0 unspecified atom stereocenters. The Bertz CT molecular complexity index is 197. The lowest BCUT2D eigenvalue weighted by atomic mass is 9.84.